The molecule has 0 heterocycles. The molecule has 4 heteroatoms. The fourth-order valence-corrected chi connectivity index (χ4v) is 0.381. The van der Waals surface area contributed by atoms with Crippen LogP contribution in [0.5, 0.6) is 0 Å². The number of allylic oxidation sites excluding steroid dienone is 1. The van der Waals surface area contributed by atoms with Crippen molar-refractivity contribution < 1.29 is 14.7 Å². The molecule has 0 fully saturated rings. The Morgan fingerprint density at radius 2 is 2.20 bits per heavy atom. The van der Waals surface area contributed by atoms with E-state index in [2.05, 4.69) is 11.9 Å². The molecule has 0 rings (SSSR count). The molecule has 0 atom stereocenters. The number of hydrogen-bond donors (Lipinski definition) is 2. The van der Waals surface area contributed by atoms with Crippen molar-refractivity contribution in [3.05, 3.63) is 12.7 Å². The van der Waals surface area contributed by atoms with Gasteiger partial charge in [0.1, 0.15) is 6.73 Å². The van der Waals surface area contributed by atoms with E-state index in [0.717, 1.165) is 6.08 Å². The molecule has 56 valence electrons. The molecular formula is C6H9NO3. The molecule has 0 aromatic rings. The Bertz CT molecular complexity index is 153. The van der Waals surface area contributed by atoms with Crippen LogP contribution in [0, 0.1) is 0 Å². The first kappa shape index (κ1) is 8.84. The van der Waals surface area contributed by atoms with Crippen molar-refractivity contribution in [1.82, 2.24) is 5.32 Å². The summed E-state index contributed by atoms with van der Waals surface area (Å²) in [4.78, 5) is 20.9. The van der Waals surface area contributed by atoms with Gasteiger partial charge in [0.25, 0.3) is 0 Å². The fourth-order valence-electron chi connectivity index (χ4n) is 0.381. The average molecular weight is 143 g/mol. The lowest BCUT2D eigenvalue weighted by atomic mass is 10.3. The van der Waals surface area contributed by atoms with Crippen LogP contribution in [0.2, 0.25) is 0 Å². The molecule has 0 spiro atoms. The van der Waals surface area contributed by atoms with Crippen LogP contribution in [0.3, 0.4) is 0 Å². The van der Waals surface area contributed by atoms with Gasteiger partial charge in [-0.25, -0.2) is 0 Å². The van der Waals surface area contributed by atoms with E-state index in [1.54, 1.807) is 0 Å². The van der Waals surface area contributed by atoms with E-state index in [4.69, 9.17) is 5.11 Å². The zero-order valence-electron chi connectivity index (χ0n) is 5.46. The molecule has 0 bridgehead atoms. The zero-order chi connectivity index (χ0) is 7.98. The van der Waals surface area contributed by atoms with E-state index in [0.29, 0.717) is 0 Å². The van der Waals surface area contributed by atoms with Crippen molar-refractivity contribution in [3.8, 4) is 0 Å². The van der Waals surface area contributed by atoms with Crippen LogP contribution in [-0.2, 0) is 9.59 Å². The lowest BCUT2D eigenvalue weighted by molar-refractivity contribution is -0.126. The lowest BCUT2D eigenvalue weighted by Crippen LogP contribution is -2.25. The van der Waals surface area contributed by atoms with E-state index >= 15 is 0 Å². The van der Waals surface area contributed by atoms with Gasteiger partial charge >= 0.3 is 0 Å². The van der Waals surface area contributed by atoms with Crippen molar-refractivity contribution in [1.29, 1.82) is 0 Å². The number of rotatable bonds is 4. The summed E-state index contributed by atoms with van der Waals surface area (Å²) in [6, 6.07) is 0. The number of aliphatic hydroxyl groups is 1. The van der Waals surface area contributed by atoms with Crippen molar-refractivity contribution >= 4 is 11.7 Å². The monoisotopic (exact) mass is 143 g/mol. The Labute approximate surface area is 58.5 Å². The average Bonchev–Trinajstić information content (AvgIpc) is 1.88. The number of amides is 1. The molecule has 10 heavy (non-hydrogen) atoms. The number of hydrogen-bond acceptors (Lipinski definition) is 3. The first-order valence-corrected chi connectivity index (χ1v) is 2.73. The molecule has 0 aromatic heterocycles. The maximum atomic E-state index is 10.5. The van der Waals surface area contributed by atoms with E-state index in [-0.39, 0.29) is 12.2 Å². The molecule has 0 radical (unpaired) electrons. The Kier molecular flexibility index (Phi) is 4.15. The number of ketones is 1. The minimum absolute atomic E-state index is 0.246. The van der Waals surface area contributed by atoms with Gasteiger partial charge in [0.2, 0.25) is 5.91 Å². The van der Waals surface area contributed by atoms with Crippen molar-refractivity contribution in [3.63, 3.8) is 0 Å². The van der Waals surface area contributed by atoms with Crippen LogP contribution in [0.25, 0.3) is 0 Å². The summed E-state index contributed by atoms with van der Waals surface area (Å²) in [6.45, 7) is 2.74. The van der Waals surface area contributed by atoms with Crippen LogP contribution in [-0.4, -0.2) is 23.5 Å². The summed E-state index contributed by atoms with van der Waals surface area (Å²) < 4.78 is 0. The van der Waals surface area contributed by atoms with Crippen molar-refractivity contribution in [2.75, 3.05) is 6.73 Å². The van der Waals surface area contributed by atoms with Crippen LogP contribution in [0.4, 0.5) is 0 Å². The van der Waals surface area contributed by atoms with Crippen LogP contribution < -0.4 is 5.32 Å². The first-order chi connectivity index (χ1) is 4.70. The van der Waals surface area contributed by atoms with Crippen LogP contribution in [0.15, 0.2) is 12.7 Å². The highest BCUT2D eigenvalue weighted by atomic mass is 16.3. The Balaban J connectivity index is 3.57. The molecule has 0 aromatic carbocycles. The third-order valence-electron chi connectivity index (χ3n) is 0.839. The molecule has 0 aliphatic heterocycles. The molecule has 0 aliphatic rings. The van der Waals surface area contributed by atoms with Gasteiger partial charge in [-0.2, -0.15) is 0 Å². The quantitative estimate of drug-likeness (QED) is 0.307. The van der Waals surface area contributed by atoms with Gasteiger partial charge in [-0.1, -0.05) is 6.58 Å². The predicted octanol–water partition coefficient (Wildman–Crippen LogP) is -0.802. The molecule has 1 amide bonds. The third-order valence-corrected chi connectivity index (χ3v) is 0.839. The topological polar surface area (TPSA) is 66.4 Å². The van der Waals surface area contributed by atoms with E-state index in [1.165, 1.54) is 0 Å². The molecule has 4 nitrogen and oxygen atoms in total. The Morgan fingerprint density at radius 1 is 1.60 bits per heavy atom. The Hall–Kier alpha value is -1.16. The number of carbonyl (C=O) groups excluding carboxylic acids is 2. The SMILES string of the molecule is C=CC(=O)CC(=O)NCO. The smallest absolute Gasteiger partial charge is 0.229 e. The summed E-state index contributed by atoms with van der Waals surface area (Å²) in [5.74, 6) is -0.849. The second-order valence-electron chi connectivity index (χ2n) is 1.61. The Morgan fingerprint density at radius 3 is 2.60 bits per heavy atom. The summed E-state index contributed by atoms with van der Waals surface area (Å²) in [5, 5.41) is 10.2. The minimum atomic E-state index is -0.493. The maximum Gasteiger partial charge on any atom is 0.229 e. The normalized spacial score (nSPS) is 8.50. The van der Waals surface area contributed by atoms with Gasteiger partial charge in [0.05, 0.1) is 6.42 Å². The van der Waals surface area contributed by atoms with E-state index in [9.17, 15) is 9.59 Å². The zero-order valence-corrected chi connectivity index (χ0v) is 5.46. The second-order valence-corrected chi connectivity index (χ2v) is 1.61. The number of carbonyl (C=O) groups is 2. The molecule has 0 unspecified atom stereocenters. The van der Waals surface area contributed by atoms with Gasteiger partial charge in [0.15, 0.2) is 5.78 Å². The van der Waals surface area contributed by atoms with Crippen molar-refractivity contribution in [2.45, 2.75) is 6.42 Å². The fraction of sp³-hybridized carbons (Fsp3) is 0.333. The lowest BCUT2D eigenvalue weighted by Gasteiger charge is -1.96. The minimum Gasteiger partial charge on any atom is -0.377 e. The molecule has 0 saturated heterocycles. The highest BCUT2D eigenvalue weighted by Crippen LogP contribution is 1.82. The number of nitrogens with one attached hydrogen (secondary N) is 1. The predicted molar refractivity (Wildman–Crippen MR) is 35.0 cm³/mol. The molecule has 0 saturated carbocycles. The summed E-state index contributed by atoms with van der Waals surface area (Å²) in [6.07, 6.45) is 0.820. The van der Waals surface area contributed by atoms with Crippen molar-refractivity contribution in [2.24, 2.45) is 0 Å². The third kappa shape index (κ3) is 3.80. The summed E-state index contributed by atoms with van der Waals surface area (Å²) >= 11 is 0. The summed E-state index contributed by atoms with van der Waals surface area (Å²) in [7, 11) is 0. The van der Waals surface area contributed by atoms with Crippen LogP contribution >= 0.6 is 0 Å². The first-order valence-electron chi connectivity index (χ1n) is 2.73. The van der Waals surface area contributed by atoms with Gasteiger partial charge in [0, 0.05) is 0 Å². The highest BCUT2D eigenvalue weighted by Gasteiger charge is 2.03. The van der Waals surface area contributed by atoms with E-state index < -0.39 is 12.6 Å². The highest BCUT2D eigenvalue weighted by molar-refractivity contribution is 6.03. The van der Waals surface area contributed by atoms with E-state index in [1.807, 2.05) is 0 Å². The van der Waals surface area contributed by atoms with Gasteiger partial charge < -0.3 is 10.4 Å². The molecule has 2 N–H and O–H groups in total. The standard InChI is InChI=1S/C6H9NO3/c1-2-5(9)3-6(10)7-4-8/h2,8H,1,3-4H2,(H,7,10). The van der Waals surface area contributed by atoms with Crippen LogP contribution in [0.1, 0.15) is 6.42 Å². The molecular weight excluding hydrogens is 134 g/mol. The maximum absolute atomic E-state index is 10.5. The van der Waals surface area contributed by atoms with Gasteiger partial charge in [-0.05, 0) is 6.08 Å². The molecule has 0 aliphatic carbocycles. The largest absolute Gasteiger partial charge is 0.377 e. The summed E-state index contributed by atoms with van der Waals surface area (Å²) in [5.41, 5.74) is 0. The van der Waals surface area contributed by atoms with Gasteiger partial charge in [-0.3, -0.25) is 9.59 Å². The van der Waals surface area contributed by atoms with Gasteiger partial charge in [-0.15, -0.1) is 0 Å². The number of aliphatic hydroxyl groups excluding tert-OH is 1. The second kappa shape index (κ2) is 4.69.